The van der Waals surface area contributed by atoms with Crippen LogP contribution in [-0.2, 0) is 22.5 Å². The molecule has 6 nitrogen and oxygen atoms in total. The minimum atomic E-state index is -0.525. The maximum atomic E-state index is 13.0. The summed E-state index contributed by atoms with van der Waals surface area (Å²) in [6, 6.07) is 18.1. The Bertz CT molecular complexity index is 1100. The van der Waals surface area contributed by atoms with Gasteiger partial charge in [0.25, 0.3) is 0 Å². The summed E-state index contributed by atoms with van der Waals surface area (Å²) in [7, 11) is 0. The second-order valence-electron chi connectivity index (χ2n) is 9.05. The summed E-state index contributed by atoms with van der Waals surface area (Å²) >= 11 is 0. The number of rotatable bonds is 3. The number of fused-ring (bicyclic) bond motifs is 3. The van der Waals surface area contributed by atoms with Gasteiger partial charge >= 0.3 is 0 Å². The lowest BCUT2D eigenvalue weighted by molar-refractivity contribution is -0.135. The number of hydrogen-bond donors (Lipinski definition) is 1. The normalized spacial score (nSPS) is 15.7. The quantitative estimate of drug-likeness (QED) is 0.639. The highest BCUT2D eigenvalue weighted by molar-refractivity contribution is 5.82. The van der Waals surface area contributed by atoms with Gasteiger partial charge in [-0.2, -0.15) is 0 Å². The van der Waals surface area contributed by atoms with Gasteiger partial charge in [0.15, 0.2) is 0 Å². The molecule has 1 aliphatic heterocycles. The largest absolute Gasteiger partial charge is 0.491 e. The molecule has 1 aromatic heterocycles. The van der Waals surface area contributed by atoms with Crippen LogP contribution >= 0.6 is 0 Å². The van der Waals surface area contributed by atoms with Crippen LogP contribution in [0, 0.1) is 5.92 Å². The van der Waals surface area contributed by atoms with Gasteiger partial charge in [0.1, 0.15) is 12.4 Å². The lowest BCUT2D eigenvalue weighted by atomic mass is 9.97. The van der Waals surface area contributed by atoms with Crippen LogP contribution in [0.2, 0.25) is 0 Å². The number of carbonyl (C=O) groups excluding carboxylic acids is 1. The third-order valence-corrected chi connectivity index (χ3v) is 6.12. The molecule has 34 heavy (non-hydrogen) atoms. The number of benzene rings is 2. The molecule has 2 aromatic carbocycles. The van der Waals surface area contributed by atoms with Crippen molar-refractivity contribution in [1.82, 2.24) is 9.88 Å². The molecule has 3 aromatic rings. The van der Waals surface area contributed by atoms with Crippen molar-refractivity contribution in [3.8, 4) is 16.9 Å². The van der Waals surface area contributed by atoms with Gasteiger partial charge < -0.3 is 20.1 Å². The highest BCUT2D eigenvalue weighted by atomic mass is 16.5. The zero-order chi connectivity index (χ0) is 23.9. The fraction of sp³-hybridized carbons (Fsp3) is 0.357. The van der Waals surface area contributed by atoms with Crippen LogP contribution in [0.5, 0.6) is 5.75 Å². The van der Waals surface area contributed by atoms with Crippen LogP contribution in [-0.4, -0.2) is 48.2 Å². The van der Waals surface area contributed by atoms with E-state index in [0.717, 1.165) is 34.4 Å². The van der Waals surface area contributed by atoms with Gasteiger partial charge in [0, 0.05) is 37.5 Å². The second-order valence-corrected chi connectivity index (χ2v) is 9.05. The van der Waals surface area contributed by atoms with E-state index in [-0.39, 0.29) is 11.8 Å². The Morgan fingerprint density at radius 1 is 1.00 bits per heavy atom. The smallest absolute Gasteiger partial charge is 0.240 e. The zero-order valence-corrected chi connectivity index (χ0v) is 19.9. The molecule has 4 rings (SSSR count). The highest BCUT2D eigenvalue weighted by Crippen LogP contribution is 2.29. The van der Waals surface area contributed by atoms with Crippen LogP contribution in [0.4, 0.5) is 0 Å². The second kappa shape index (κ2) is 11.3. The summed E-state index contributed by atoms with van der Waals surface area (Å²) in [5, 5.41) is 0. The van der Waals surface area contributed by atoms with Gasteiger partial charge in [-0.15, -0.1) is 0 Å². The molecule has 0 fully saturated rings. The first kappa shape index (κ1) is 23.9. The van der Waals surface area contributed by atoms with E-state index in [1.807, 2.05) is 43.1 Å². The van der Waals surface area contributed by atoms with Crippen LogP contribution in [0.15, 0.2) is 67.0 Å². The number of hydrogen-bond acceptors (Lipinski definition) is 5. The van der Waals surface area contributed by atoms with Crippen molar-refractivity contribution in [2.24, 2.45) is 11.7 Å². The van der Waals surface area contributed by atoms with E-state index in [4.69, 9.17) is 15.2 Å². The third kappa shape index (κ3) is 6.01. The Labute approximate surface area is 201 Å². The minimum absolute atomic E-state index is 0.0428. The van der Waals surface area contributed by atoms with Crippen molar-refractivity contribution in [3.63, 3.8) is 0 Å². The fourth-order valence-electron chi connectivity index (χ4n) is 4.10. The van der Waals surface area contributed by atoms with Gasteiger partial charge in [-0.1, -0.05) is 50.2 Å². The van der Waals surface area contributed by atoms with Gasteiger partial charge in [0.05, 0.1) is 19.3 Å². The third-order valence-electron chi connectivity index (χ3n) is 6.12. The first-order chi connectivity index (χ1) is 16.5. The van der Waals surface area contributed by atoms with E-state index >= 15 is 0 Å². The van der Waals surface area contributed by atoms with E-state index in [2.05, 4.69) is 41.4 Å². The summed E-state index contributed by atoms with van der Waals surface area (Å²) in [4.78, 5) is 19.1. The summed E-state index contributed by atoms with van der Waals surface area (Å²) in [6.45, 7) is 6.28. The van der Waals surface area contributed by atoms with Crippen LogP contribution in [0.25, 0.3) is 11.1 Å². The maximum absolute atomic E-state index is 13.0. The molecule has 178 valence electrons. The average molecular weight is 460 g/mol. The molecule has 2 heterocycles. The van der Waals surface area contributed by atoms with Gasteiger partial charge in [0.2, 0.25) is 5.91 Å². The van der Waals surface area contributed by atoms with E-state index in [9.17, 15) is 4.79 Å². The standard InChI is InChI=1S/C28H33N3O3/c1-20(2)27(29)28(32)31-11-12-33-13-14-34-26-9-8-23(24-7-4-10-30-18-24)17-25(26)16-21-5-3-6-22(15-21)19-31/h3-10,15,17-18,20,27H,11-14,16,19,29H2,1-2H3/t27-/m1/s1. The molecule has 1 aliphatic rings. The van der Waals surface area contributed by atoms with Crippen LogP contribution in [0.3, 0.4) is 0 Å². The predicted molar refractivity (Wildman–Crippen MR) is 133 cm³/mol. The molecule has 6 heteroatoms. The van der Waals surface area contributed by atoms with Crippen molar-refractivity contribution < 1.29 is 14.3 Å². The van der Waals surface area contributed by atoms with E-state index in [1.165, 1.54) is 5.56 Å². The number of aromatic nitrogens is 1. The Balaban J connectivity index is 1.64. The van der Waals surface area contributed by atoms with Gasteiger partial charge in [-0.3, -0.25) is 9.78 Å². The molecule has 0 saturated carbocycles. The number of nitrogens with zero attached hydrogens (tertiary/aromatic N) is 2. The SMILES string of the molecule is CC(C)[C@@H](N)C(=O)N1CCOCCOc2ccc(-c3cccnc3)cc2Cc2cccc(c2)C1. The summed E-state index contributed by atoms with van der Waals surface area (Å²) < 4.78 is 11.9. The predicted octanol–water partition coefficient (Wildman–Crippen LogP) is 4.06. The summed E-state index contributed by atoms with van der Waals surface area (Å²) in [5.41, 5.74) is 11.7. The van der Waals surface area contributed by atoms with Crippen molar-refractivity contribution in [2.45, 2.75) is 32.9 Å². The highest BCUT2D eigenvalue weighted by Gasteiger charge is 2.24. The van der Waals surface area contributed by atoms with E-state index < -0.39 is 6.04 Å². The number of ether oxygens (including phenoxy) is 2. The monoisotopic (exact) mass is 459 g/mol. The maximum Gasteiger partial charge on any atom is 0.240 e. The van der Waals surface area contributed by atoms with Gasteiger partial charge in [-0.05, 0) is 46.4 Å². The van der Waals surface area contributed by atoms with Gasteiger partial charge in [-0.25, -0.2) is 0 Å². The Morgan fingerprint density at radius 2 is 1.85 bits per heavy atom. The molecule has 0 unspecified atom stereocenters. The van der Waals surface area contributed by atoms with Crippen molar-refractivity contribution >= 4 is 5.91 Å². The molecule has 1 atom stereocenters. The Hall–Kier alpha value is -3.22. The van der Waals surface area contributed by atoms with Crippen LogP contribution < -0.4 is 10.5 Å². The molecular weight excluding hydrogens is 426 g/mol. The topological polar surface area (TPSA) is 77.7 Å². The molecule has 0 saturated heterocycles. The molecule has 1 amide bonds. The fourth-order valence-corrected chi connectivity index (χ4v) is 4.10. The van der Waals surface area contributed by atoms with E-state index in [0.29, 0.717) is 32.9 Å². The number of amides is 1. The number of carbonyl (C=O) groups is 1. The number of nitrogens with two attached hydrogens (primary N) is 1. The summed E-state index contributed by atoms with van der Waals surface area (Å²) in [6.07, 6.45) is 4.37. The molecule has 2 bridgehead atoms. The lowest BCUT2D eigenvalue weighted by Gasteiger charge is -2.28. The first-order valence-corrected chi connectivity index (χ1v) is 11.9. The molecular formula is C28H33N3O3. The van der Waals surface area contributed by atoms with E-state index in [1.54, 1.807) is 6.20 Å². The van der Waals surface area contributed by atoms with Crippen LogP contribution in [0.1, 0.15) is 30.5 Å². The average Bonchev–Trinajstić information content (AvgIpc) is 2.85. The zero-order valence-electron chi connectivity index (χ0n) is 19.9. The van der Waals surface area contributed by atoms with Crippen molar-refractivity contribution in [2.75, 3.05) is 26.4 Å². The molecule has 2 N–H and O–H groups in total. The summed E-state index contributed by atoms with van der Waals surface area (Å²) in [5.74, 6) is 0.893. The van der Waals surface area contributed by atoms with Crippen molar-refractivity contribution in [1.29, 1.82) is 0 Å². The molecule has 0 spiro atoms. The Kier molecular flexibility index (Phi) is 7.93. The first-order valence-electron chi connectivity index (χ1n) is 11.9. The lowest BCUT2D eigenvalue weighted by Crippen LogP contribution is -2.47. The Morgan fingerprint density at radius 3 is 2.65 bits per heavy atom. The van der Waals surface area contributed by atoms with Crippen molar-refractivity contribution in [3.05, 3.63) is 83.7 Å². The minimum Gasteiger partial charge on any atom is -0.491 e. The number of pyridine rings is 1. The molecule has 0 radical (unpaired) electrons. The molecule has 0 aliphatic carbocycles.